The molecule has 0 saturated carbocycles. The van der Waals surface area contributed by atoms with Crippen LogP contribution in [-0.4, -0.2) is 40.5 Å². The normalized spacial score (nSPS) is 25.8. The summed E-state index contributed by atoms with van der Waals surface area (Å²) < 4.78 is 0. The monoisotopic (exact) mass is 251 g/mol. The molecule has 0 spiro atoms. The molecule has 1 aromatic heterocycles. The van der Waals surface area contributed by atoms with E-state index in [1.54, 1.807) is 0 Å². The molecule has 3 nitrogen and oxygen atoms in total. The first kappa shape index (κ1) is 12.7. The van der Waals surface area contributed by atoms with Gasteiger partial charge in [-0.3, -0.25) is 4.90 Å². The molecular weight excluding hydrogens is 230 g/mol. The van der Waals surface area contributed by atoms with Gasteiger partial charge < -0.3 is 5.32 Å². The minimum absolute atomic E-state index is 0.651. The number of rotatable bonds is 3. The Kier molecular flexibility index (Phi) is 4.29. The van der Waals surface area contributed by atoms with Crippen molar-refractivity contribution in [3.05, 3.63) is 23.9 Å². The molecule has 0 aromatic carbocycles. The summed E-state index contributed by atoms with van der Waals surface area (Å²) in [6, 6.07) is 4.86. The Morgan fingerprint density at radius 2 is 2.29 bits per heavy atom. The van der Waals surface area contributed by atoms with Crippen molar-refractivity contribution in [2.45, 2.75) is 31.7 Å². The van der Waals surface area contributed by atoms with Gasteiger partial charge in [-0.2, -0.15) is 11.8 Å². The molecule has 0 aliphatic carbocycles. The fourth-order valence-corrected chi connectivity index (χ4v) is 3.28. The molecule has 1 aromatic rings. The third-order valence-electron chi connectivity index (χ3n) is 3.48. The molecule has 94 valence electrons. The molecule has 0 amide bonds. The highest BCUT2D eigenvalue weighted by atomic mass is 32.2. The van der Waals surface area contributed by atoms with Crippen LogP contribution in [0.3, 0.4) is 0 Å². The van der Waals surface area contributed by atoms with Gasteiger partial charge >= 0.3 is 0 Å². The number of hydrogen-bond acceptors (Lipinski definition) is 4. The number of hydrogen-bond donors (Lipinski definition) is 1. The molecule has 2 rings (SSSR count). The molecule has 1 aliphatic rings. The minimum Gasteiger partial charge on any atom is -0.373 e. The van der Waals surface area contributed by atoms with Crippen LogP contribution in [0.1, 0.15) is 19.4 Å². The zero-order chi connectivity index (χ0) is 12.3. The van der Waals surface area contributed by atoms with Gasteiger partial charge in [-0.05, 0) is 18.6 Å². The Hall–Kier alpha value is -0.740. The zero-order valence-electron chi connectivity index (χ0n) is 10.8. The van der Waals surface area contributed by atoms with E-state index in [9.17, 15) is 0 Å². The van der Waals surface area contributed by atoms with E-state index in [-0.39, 0.29) is 0 Å². The third-order valence-corrected chi connectivity index (χ3v) is 4.82. The lowest BCUT2D eigenvalue weighted by atomic mass is 10.1. The first-order valence-electron chi connectivity index (χ1n) is 6.19. The van der Waals surface area contributed by atoms with Crippen LogP contribution in [0.15, 0.2) is 18.3 Å². The van der Waals surface area contributed by atoms with Crippen molar-refractivity contribution in [2.75, 3.05) is 24.7 Å². The number of nitrogens with zero attached hydrogens (tertiary/aromatic N) is 2. The van der Waals surface area contributed by atoms with Crippen molar-refractivity contribution in [2.24, 2.45) is 0 Å². The molecule has 1 saturated heterocycles. The predicted octanol–water partition coefficient (Wildman–Crippen LogP) is 2.45. The van der Waals surface area contributed by atoms with Crippen LogP contribution in [-0.2, 0) is 6.54 Å². The van der Waals surface area contributed by atoms with Gasteiger partial charge in [0.15, 0.2) is 0 Å². The van der Waals surface area contributed by atoms with Crippen molar-refractivity contribution in [3.63, 3.8) is 0 Å². The predicted molar refractivity (Wildman–Crippen MR) is 75.6 cm³/mol. The average molecular weight is 251 g/mol. The van der Waals surface area contributed by atoms with Gasteiger partial charge in [-0.25, -0.2) is 4.98 Å². The fraction of sp³-hybridized carbons (Fsp3) is 0.615. The second-order valence-corrected chi connectivity index (χ2v) is 6.07. The second-order valence-electron chi connectivity index (χ2n) is 4.59. The summed E-state index contributed by atoms with van der Waals surface area (Å²) in [4.78, 5) is 6.92. The van der Waals surface area contributed by atoms with Crippen molar-refractivity contribution in [1.29, 1.82) is 0 Å². The van der Waals surface area contributed by atoms with Crippen LogP contribution in [0.25, 0.3) is 0 Å². The van der Waals surface area contributed by atoms with Crippen LogP contribution in [0, 0.1) is 0 Å². The Labute approximate surface area is 108 Å². The highest BCUT2D eigenvalue weighted by Crippen LogP contribution is 2.25. The SMILES string of the molecule is CNc1ccc(CN2CCSC(C)C2C)cn1. The fourth-order valence-electron chi connectivity index (χ4n) is 2.12. The van der Waals surface area contributed by atoms with Gasteiger partial charge in [0, 0.05) is 43.4 Å². The maximum Gasteiger partial charge on any atom is 0.125 e. The topological polar surface area (TPSA) is 28.2 Å². The van der Waals surface area contributed by atoms with E-state index in [1.165, 1.54) is 17.9 Å². The Morgan fingerprint density at radius 1 is 1.47 bits per heavy atom. The van der Waals surface area contributed by atoms with Gasteiger partial charge in [0.2, 0.25) is 0 Å². The van der Waals surface area contributed by atoms with Gasteiger partial charge in [-0.1, -0.05) is 13.0 Å². The largest absolute Gasteiger partial charge is 0.373 e. The lowest BCUT2D eigenvalue weighted by molar-refractivity contribution is 0.204. The number of thioether (sulfide) groups is 1. The molecule has 2 heterocycles. The number of anilines is 1. The molecule has 0 radical (unpaired) electrons. The smallest absolute Gasteiger partial charge is 0.125 e. The number of nitrogens with one attached hydrogen (secondary N) is 1. The van der Waals surface area contributed by atoms with Crippen LogP contribution >= 0.6 is 11.8 Å². The van der Waals surface area contributed by atoms with Gasteiger partial charge in [0.05, 0.1) is 0 Å². The maximum absolute atomic E-state index is 4.36. The third kappa shape index (κ3) is 3.13. The molecule has 17 heavy (non-hydrogen) atoms. The Morgan fingerprint density at radius 3 is 2.94 bits per heavy atom. The second kappa shape index (κ2) is 5.74. The molecule has 1 N–H and O–H groups in total. The van der Waals surface area contributed by atoms with E-state index in [2.05, 4.69) is 46.9 Å². The highest BCUT2D eigenvalue weighted by Gasteiger charge is 2.24. The van der Waals surface area contributed by atoms with Crippen LogP contribution < -0.4 is 5.32 Å². The zero-order valence-corrected chi connectivity index (χ0v) is 11.6. The van der Waals surface area contributed by atoms with Crippen LogP contribution in [0.5, 0.6) is 0 Å². The molecular formula is C13H21N3S. The molecule has 1 fully saturated rings. The maximum atomic E-state index is 4.36. The summed E-state index contributed by atoms with van der Waals surface area (Å²) in [6.45, 7) is 6.85. The van der Waals surface area contributed by atoms with E-state index >= 15 is 0 Å². The van der Waals surface area contributed by atoms with Gasteiger partial charge in [-0.15, -0.1) is 0 Å². The minimum atomic E-state index is 0.651. The first-order valence-corrected chi connectivity index (χ1v) is 7.24. The summed E-state index contributed by atoms with van der Waals surface area (Å²) in [7, 11) is 1.90. The van der Waals surface area contributed by atoms with Crippen molar-refractivity contribution in [1.82, 2.24) is 9.88 Å². The van der Waals surface area contributed by atoms with Crippen molar-refractivity contribution in [3.8, 4) is 0 Å². The van der Waals surface area contributed by atoms with Gasteiger partial charge in [0.25, 0.3) is 0 Å². The summed E-state index contributed by atoms with van der Waals surface area (Å²) in [5.41, 5.74) is 1.30. The Balaban J connectivity index is 1.99. The standard InChI is InChI=1S/C13H21N3S/c1-10-11(2)17-7-6-16(10)9-12-4-5-13(14-3)15-8-12/h4-5,8,10-11H,6-7,9H2,1-3H3,(H,14,15). The summed E-state index contributed by atoms with van der Waals surface area (Å²) in [5, 5.41) is 3.78. The molecule has 2 unspecified atom stereocenters. The quantitative estimate of drug-likeness (QED) is 0.893. The van der Waals surface area contributed by atoms with E-state index in [0.717, 1.165) is 17.6 Å². The summed E-state index contributed by atoms with van der Waals surface area (Å²) in [6.07, 6.45) is 1.98. The van der Waals surface area contributed by atoms with E-state index in [0.29, 0.717) is 6.04 Å². The Bertz CT molecular complexity index is 352. The van der Waals surface area contributed by atoms with Crippen molar-refractivity contribution >= 4 is 17.6 Å². The number of aromatic nitrogens is 1. The molecule has 0 bridgehead atoms. The first-order chi connectivity index (χ1) is 8.20. The van der Waals surface area contributed by atoms with Crippen LogP contribution in [0.2, 0.25) is 0 Å². The molecule has 2 atom stereocenters. The lowest BCUT2D eigenvalue weighted by Crippen LogP contribution is -2.43. The lowest BCUT2D eigenvalue weighted by Gasteiger charge is -2.37. The number of pyridine rings is 1. The average Bonchev–Trinajstić information content (AvgIpc) is 2.36. The molecule has 4 heteroatoms. The van der Waals surface area contributed by atoms with Crippen molar-refractivity contribution < 1.29 is 0 Å². The van der Waals surface area contributed by atoms with E-state index < -0.39 is 0 Å². The highest BCUT2D eigenvalue weighted by molar-refractivity contribution is 8.00. The summed E-state index contributed by atoms with van der Waals surface area (Å²) >= 11 is 2.08. The van der Waals surface area contributed by atoms with Crippen LogP contribution in [0.4, 0.5) is 5.82 Å². The summed E-state index contributed by atoms with van der Waals surface area (Å²) in [5.74, 6) is 2.18. The molecule has 1 aliphatic heterocycles. The van der Waals surface area contributed by atoms with E-state index in [4.69, 9.17) is 0 Å². The van der Waals surface area contributed by atoms with E-state index in [1.807, 2.05) is 19.3 Å². The van der Waals surface area contributed by atoms with Gasteiger partial charge in [0.1, 0.15) is 5.82 Å².